The van der Waals surface area contributed by atoms with Crippen LogP contribution in [0.3, 0.4) is 0 Å². The van der Waals surface area contributed by atoms with Crippen LogP contribution in [0, 0.1) is 5.82 Å². The molecule has 1 aromatic rings. The Bertz CT molecular complexity index is 544. The zero-order valence-electron chi connectivity index (χ0n) is 9.77. The van der Waals surface area contributed by atoms with Gasteiger partial charge in [-0.25, -0.2) is 12.8 Å². The summed E-state index contributed by atoms with van der Waals surface area (Å²) in [5.74, 6) is 1.00. The molecule has 18 heavy (non-hydrogen) atoms. The molecule has 2 rings (SSSR count). The Kier molecular flexibility index (Phi) is 4.36. The third kappa shape index (κ3) is 2.74. The maximum Gasteiger partial charge on any atom is 0.246 e. The standard InChI is InChI=1S/C11H13BrFNO2S2/c1-14(9-4-5-17-7-9)18(15,16)11-3-2-8(12)6-10(11)13/h2-3,6,9H,4-5,7H2,1H3. The molecule has 1 heterocycles. The lowest BCUT2D eigenvalue weighted by atomic mass is 10.3. The maximum absolute atomic E-state index is 13.8. The zero-order valence-corrected chi connectivity index (χ0v) is 13.0. The summed E-state index contributed by atoms with van der Waals surface area (Å²) in [5, 5.41) is 0. The van der Waals surface area contributed by atoms with Crippen molar-refractivity contribution in [1.82, 2.24) is 4.31 Å². The Morgan fingerprint density at radius 3 is 2.78 bits per heavy atom. The topological polar surface area (TPSA) is 37.4 Å². The van der Waals surface area contributed by atoms with Crippen LogP contribution < -0.4 is 0 Å². The molecule has 0 N–H and O–H groups in total. The number of halogens is 2. The Hall–Kier alpha value is -0.110. The molecule has 0 radical (unpaired) electrons. The van der Waals surface area contributed by atoms with Crippen molar-refractivity contribution in [2.75, 3.05) is 18.6 Å². The molecule has 0 spiro atoms. The van der Waals surface area contributed by atoms with Crippen LogP contribution in [-0.2, 0) is 10.0 Å². The van der Waals surface area contributed by atoms with Crippen molar-refractivity contribution >= 4 is 37.7 Å². The van der Waals surface area contributed by atoms with Gasteiger partial charge in [0, 0.05) is 23.3 Å². The number of nitrogens with zero attached hydrogens (tertiary/aromatic N) is 1. The van der Waals surface area contributed by atoms with E-state index in [9.17, 15) is 12.8 Å². The lowest BCUT2D eigenvalue weighted by molar-refractivity contribution is 0.392. The summed E-state index contributed by atoms with van der Waals surface area (Å²) in [4.78, 5) is -0.259. The van der Waals surface area contributed by atoms with E-state index in [1.54, 1.807) is 11.8 Å². The van der Waals surface area contributed by atoms with E-state index < -0.39 is 15.8 Å². The van der Waals surface area contributed by atoms with Crippen LogP contribution in [0.25, 0.3) is 0 Å². The quantitative estimate of drug-likeness (QED) is 0.838. The van der Waals surface area contributed by atoms with Crippen LogP contribution in [0.4, 0.5) is 4.39 Å². The molecule has 1 saturated heterocycles. The predicted molar refractivity (Wildman–Crippen MR) is 74.8 cm³/mol. The first-order valence-corrected chi connectivity index (χ1v) is 8.82. The van der Waals surface area contributed by atoms with E-state index >= 15 is 0 Å². The fourth-order valence-corrected chi connectivity index (χ4v) is 4.97. The minimum Gasteiger partial charge on any atom is -0.207 e. The fourth-order valence-electron chi connectivity index (χ4n) is 1.84. The number of sulfonamides is 1. The number of benzene rings is 1. The normalized spacial score (nSPS) is 20.6. The van der Waals surface area contributed by atoms with E-state index in [1.165, 1.54) is 29.6 Å². The van der Waals surface area contributed by atoms with Gasteiger partial charge in [-0.05, 0) is 30.4 Å². The van der Waals surface area contributed by atoms with Crippen molar-refractivity contribution in [3.05, 3.63) is 28.5 Å². The van der Waals surface area contributed by atoms with Gasteiger partial charge >= 0.3 is 0 Å². The highest BCUT2D eigenvalue weighted by atomic mass is 79.9. The molecule has 1 aliphatic rings. The molecule has 0 bridgehead atoms. The van der Waals surface area contributed by atoms with Gasteiger partial charge in [0.25, 0.3) is 0 Å². The first-order valence-electron chi connectivity index (χ1n) is 5.44. The molecule has 1 atom stereocenters. The van der Waals surface area contributed by atoms with Gasteiger partial charge in [0.15, 0.2) is 0 Å². The second-order valence-electron chi connectivity index (χ2n) is 4.11. The summed E-state index contributed by atoms with van der Waals surface area (Å²) in [7, 11) is -2.22. The summed E-state index contributed by atoms with van der Waals surface area (Å²) in [6.45, 7) is 0. The molecular formula is C11H13BrFNO2S2. The van der Waals surface area contributed by atoms with Crippen molar-refractivity contribution in [1.29, 1.82) is 0 Å². The molecule has 0 aliphatic carbocycles. The van der Waals surface area contributed by atoms with Gasteiger partial charge in [0.2, 0.25) is 10.0 Å². The van der Waals surface area contributed by atoms with Gasteiger partial charge in [-0.15, -0.1) is 0 Å². The van der Waals surface area contributed by atoms with E-state index in [-0.39, 0.29) is 10.9 Å². The second kappa shape index (κ2) is 5.48. The molecule has 1 aromatic carbocycles. The molecule has 100 valence electrons. The minimum absolute atomic E-state index is 0.0388. The van der Waals surface area contributed by atoms with Crippen molar-refractivity contribution in [3.63, 3.8) is 0 Å². The first-order chi connectivity index (χ1) is 8.43. The number of thioether (sulfide) groups is 1. The van der Waals surface area contributed by atoms with Crippen molar-refractivity contribution in [2.24, 2.45) is 0 Å². The monoisotopic (exact) mass is 353 g/mol. The maximum atomic E-state index is 13.8. The average Bonchev–Trinajstić information content (AvgIpc) is 2.80. The van der Waals surface area contributed by atoms with Gasteiger partial charge in [0.1, 0.15) is 10.7 Å². The third-order valence-corrected chi connectivity index (χ3v) is 6.55. The van der Waals surface area contributed by atoms with E-state index in [1.807, 2.05) is 0 Å². The summed E-state index contributed by atoms with van der Waals surface area (Å²) >= 11 is 4.84. The van der Waals surface area contributed by atoms with Gasteiger partial charge in [-0.1, -0.05) is 15.9 Å². The summed E-state index contributed by atoms with van der Waals surface area (Å²) in [5.41, 5.74) is 0. The highest BCUT2D eigenvalue weighted by Crippen LogP contribution is 2.28. The zero-order chi connectivity index (χ0) is 13.3. The Labute approximate surface area is 119 Å². The third-order valence-electron chi connectivity index (χ3n) is 2.97. The molecule has 3 nitrogen and oxygen atoms in total. The van der Waals surface area contributed by atoms with Crippen molar-refractivity contribution in [3.8, 4) is 0 Å². The minimum atomic E-state index is -3.75. The highest BCUT2D eigenvalue weighted by Gasteiger charge is 2.32. The fraction of sp³-hybridized carbons (Fsp3) is 0.455. The van der Waals surface area contributed by atoms with E-state index in [2.05, 4.69) is 15.9 Å². The van der Waals surface area contributed by atoms with Crippen LogP contribution in [0.1, 0.15) is 6.42 Å². The molecular weight excluding hydrogens is 341 g/mol. The van der Waals surface area contributed by atoms with Crippen molar-refractivity contribution in [2.45, 2.75) is 17.4 Å². The van der Waals surface area contributed by atoms with Crippen LogP contribution in [0.15, 0.2) is 27.6 Å². The largest absolute Gasteiger partial charge is 0.246 e. The van der Waals surface area contributed by atoms with Crippen LogP contribution in [0.5, 0.6) is 0 Å². The summed E-state index contributed by atoms with van der Waals surface area (Å²) < 4.78 is 40.2. The smallest absolute Gasteiger partial charge is 0.207 e. The molecule has 1 fully saturated rings. The highest BCUT2D eigenvalue weighted by molar-refractivity contribution is 9.10. The molecule has 0 saturated carbocycles. The Morgan fingerprint density at radius 1 is 1.50 bits per heavy atom. The van der Waals surface area contributed by atoms with E-state index in [0.29, 0.717) is 4.47 Å². The van der Waals surface area contributed by atoms with Crippen LogP contribution in [-0.4, -0.2) is 37.3 Å². The van der Waals surface area contributed by atoms with Gasteiger partial charge in [-0.2, -0.15) is 16.1 Å². The van der Waals surface area contributed by atoms with Gasteiger partial charge < -0.3 is 0 Å². The molecule has 1 unspecified atom stereocenters. The van der Waals surface area contributed by atoms with Gasteiger partial charge in [0.05, 0.1) is 0 Å². The Morgan fingerprint density at radius 2 is 2.22 bits per heavy atom. The van der Waals surface area contributed by atoms with Crippen LogP contribution >= 0.6 is 27.7 Å². The van der Waals surface area contributed by atoms with Crippen molar-refractivity contribution < 1.29 is 12.8 Å². The number of rotatable bonds is 3. The molecule has 0 amide bonds. The Balaban J connectivity index is 2.35. The number of hydrogen-bond donors (Lipinski definition) is 0. The second-order valence-corrected chi connectivity index (χ2v) is 8.14. The molecule has 1 aliphatic heterocycles. The summed E-state index contributed by atoms with van der Waals surface area (Å²) in [6.07, 6.45) is 0.818. The lowest BCUT2D eigenvalue weighted by Crippen LogP contribution is -2.37. The predicted octanol–water partition coefficient (Wildman–Crippen LogP) is 2.71. The van der Waals surface area contributed by atoms with E-state index in [4.69, 9.17) is 0 Å². The summed E-state index contributed by atoms with van der Waals surface area (Å²) in [6, 6.07) is 3.97. The average molecular weight is 354 g/mol. The van der Waals surface area contributed by atoms with Crippen LogP contribution in [0.2, 0.25) is 0 Å². The SMILES string of the molecule is CN(C1CCSC1)S(=O)(=O)c1ccc(Br)cc1F. The molecule has 0 aromatic heterocycles. The first kappa shape index (κ1) is 14.3. The van der Waals surface area contributed by atoms with E-state index in [0.717, 1.165) is 17.9 Å². The number of hydrogen-bond acceptors (Lipinski definition) is 3. The molecule has 7 heteroatoms. The lowest BCUT2D eigenvalue weighted by Gasteiger charge is -2.23. The van der Waals surface area contributed by atoms with Gasteiger partial charge in [-0.3, -0.25) is 0 Å².